The summed E-state index contributed by atoms with van der Waals surface area (Å²) in [5.41, 5.74) is 7.07. The number of nitrogens with zero attached hydrogens (tertiary/aromatic N) is 4. The van der Waals surface area contributed by atoms with E-state index < -0.39 is 0 Å². The van der Waals surface area contributed by atoms with E-state index >= 15 is 0 Å². The lowest BCUT2D eigenvalue weighted by Gasteiger charge is -2.36. The molecule has 4 aromatic rings. The van der Waals surface area contributed by atoms with E-state index in [2.05, 4.69) is 75.6 Å². The predicted octanol–water partition coefficient (Wildman–Crippen LogP) is 5.16. The SMILES string of the molecule is Cc1cc(-c2n[nH]c3cc4c(cc23)CN(C2CN(C(C)C)CC2c2ccccc2)C(=O)N4)ccn1. The number of carbonyl (C=O) groups is 1. The van der Waals surface area contributed by atoms with E-state index in [9.17, 15) is 4.79 Å². The van der Waals surface area contributed by atoms with Gasteiger partial charge in [0.1, 0.15) is 5.69 Å². The molecule has 6 rings (SSSR count). The maximum Gasteiger partial charge on any atom is 0.322 e. The fraction of sp³-hybridized carbons (Fsp3) is 0.321. The van der Waals surface area contributed by atoms with Gasteiger partial charge in [0, 0.05) is 60.1 Å². The van der Waals surface area contributed by atoms with Crippen molar-refractivity contribution in [1.82, 2.24) is 25.0 Å². The van der Waals surface area contributed by atoms with Gasteiger partial charge in [-0.1, -0.05) is 30.3 Å². The molecule has 35 heavy (non-hydrogen) atoms. The number of rotatable bonds is 4. The van der Waals surface area contributed by atoms with Crippen LogP contribution in [-0.2, 0) is 6.54 Å². The Morgan fingerprint density at radius 2 is 1.89 bits per heavy atom. The van der Waals surface area contributed by atoms with Gasteiger partial charge >= 0.3 is 6.03 Å². The van der Waals surface area contributed by atoms with Crippen LogP contribution in [0, 0.1) is 6.92 Å². The molecular formula is C28H30N6O. The summed E-state index contributed by atoms with van der Waals surface area (Å²) >= 11 is 0. The van der Waals surface area contributed by atoms with E-state index in [-0.39, 0.29) is 18.0 Å². The van der Waals surface area contributed by atoms with Gasteiger partial charge in [-0.05, 0) is 56.2 Å². The summed E-state index contributed by atoms with van der Waals surface area (Å²) in [6, 6.07) is 19.3. The smallest absolute Gasteiger partial charge is 0.315 e. The van der Waals surface area contributed by atoms with Crippen LogP contribution in [0.15, 0.2) is 60.8 Å². The standard InChI is InChI=1S/C28H30N6O/c1-17(2)33-15-23(19-7-5-4-6-8-19)26(16-33)34-14-21-12-22-25(13-24(21)30-28(34)35)31-32-27(22)20-9-10-29-18(3)11-20/h4-13,17,23,26H,14-16H2,1-3H3,(H,30,35)(H,31,32). The molecule has 2 aromatic heterocycles. The first-order chi connectivity index (χ1) is 17.0. The molecule has 0 aliphatic carbocycles. The number of H-pyrrole nitrogens is 1. The normalized spacial score (nSPS) is 20.5. The molecule has 1 saturated heterocycles. The Kier molecular flexibility index (Phi) is 5.29. The lowest BCUT2D eigenvalue weighted by molar-refractivity contribution is 0.172. The number of anilines is 1. The molecule has 7 heteroatoms. The molecule has 4 heterocycles. The van der Waals surface area contributed by atoms with Crippen LogP contribution in [0.1, 0.15) is 36.6 Å². The van der Waals surface area contributed by atoms with E-state index in [0.717, 1.165) is 52.2 Å². The summed E-state index contributed by atoms with van der Waals surface area (Å²) in [4.78, 5) is 22.2. The molecule has 0 saturated carbocycles. The Bertz CT molecular complexity index is 1400. The van der Waals surface area contributed by atoms with Crippen LogP contribution >= 0.6 is 0 Å². The second-order valence-electron chi connectivity index (χ2n) is 10.0. The third-order valence-corrected chi connectivity index (χ3v) is 7.48. The third-order valence-electron chi connectivity index (χ3n) is 7.48. The van der Waals surface area contributed by atoms with Crippen LogP contribution < -0.4 is 5.32 Å². The number of aromatic amines is 1. The summed E-state index contributed by atoms with van der Waals surface area (Å²) < 4.78 is 0. The number of likely N-dealkylation sites (tertiary alicyclic amines) is 1. The van der Waals surface area contributed by atoms with Crippen molar-refractivity contribution in [2.45, 2.75) is 45.3 Å². The molecule has 2 aliphatic heterocycles. The molecule has 2 amide bonds. The average molecular weight is 467 g/mol. The fourth-order valence-corrected chi connectivity index (χ4v) is 5.56. The molecule has 7 nitrogen and oxygen atoms in total. The number of carbonyl (C=O) groups excluding carboxylic acids is 1. The minimum absolute atomic E-state index is 0.0297. The summed E-state index contributed by atoms with van der Waals surface area (Å²) in [5, 5.41) is 12.0. The maximum absolute atomic E-state index is 13.4. The number of urea groups is 1. The Labute approximate surface area is 205 Å². The third kappa shape index (κ3) is 3.86. The van der Waals surface area contributed by atoms with Crippen LogP contribution in [0.5, 0.6) is 0 Å². The Balaban J connectivity index is 1.37. The molecule has 2 N–H and O–H groups in total. The number of nitrogens with one attached hydrogen (secondary N) is 2. The highest BCUT2D eigenvalue weighted by Gasteiger charge is 2.41. The van der Waals surface area contributed by atoms with Crippen molar-refractivity contribution in [3.63, 3.8) is 0 Å². The molecule has 0 bridgehead atoms. The van der Waals surface area contributed by atoms with Gasteiger partial charge in [0.05, 0.1) is 11.6 Å². The highest BCUT2D eigenvalue weighted by molar-refractivity contribution is 6.00. The van der Waals surface area contributed by atoms with Crippen molar-refractivity contribution in [3.05, 3.63) is 77.6 Å². The fourth-order valence-electron chi connectivity index (χ4n) is 5.56. The van der Waals surface area contributed by atoms with E-state index in [1.807, 2.05) is 36.2 Å². The van der Waals surface area contributed by atoms with Crippen LogP contribution in [0.3, 0.4) is 0 Å². The van der Waals surface area contributed by atoms with Crippen LogP contribution in [0.4, 0.5) is 10.5 Å². The number of benzene rings is 2. The second kappa shape index (κ2) is 8.50. The average Bonchev–Trinajstić information content (AvgIpc) is 3.47. The highest BCUT2D eigenvalue weighted by Crippen LogP contribution is 2.38. The largest absolute Gasteiger partial charge is 0.322 e. The number of fused-ring (bicyclic) bond motifs is 2. The minimum Gasteiger partial charge on any atom is -0.315 e. The first-order valence-corrected chi connectivity index (χ1v) is 12.3. The van der Waals surface area contributed by atoms with Gasteiger partial charge in [-0.2, -0.15) is 5.10 Å². The summed E-state index contributed by atoms with van der Waals surface area (Å²) in [6.07, 6.45) is 1.82. The van der Waals surface area contributed by atoms with E-state index in [1.54, 1.807) is 0 Å². The van der Waals surface area contributed by atoms with Crippen molar-refractivity contribution < 1.29 is 4.79 Å². The number of amides is 2. The van der Waals surface area contributed by atoms with Gasteiger partial charge in [0.2, 0.25) is 0 Å². The highest BCUT2D eigenvalue weighted by atomic mass is 16.2. The molecule has 0 radical (unpaired) electrons. The van der Waals surface area contributed by atoms with Gasteiger partial charge in [0.15, 0.2) is 0 Å². The summed E-state index contributed by atoms with van der Waals surface area (Å²) in [5.74, 6) is 0.277. The lowest BCUT2D eigenvalue weighted by Crippen LogP contribution is -2.48. The van der Waals surface area contributed by atoms with E-state index in [0.29, 0.717) is 12.6 Å². The number of pyridine rings is 1. The zero-order chi connectivity index (χ0) is 24.1. The van der Waals surface area contributed by atoms with Gasteiger partial charge in [-0.15, -0.1) is 0 Å². The zero-order valence-corrected chi connectivity index (χ0v) is 20.3. The molecule has 1 fully saturated rings. The molecule has 2 aliphatic rings. The second-order valence-corrected chi connectivity index (χ2v) is 10.0. The van der Waals surface area contributed by atoms with Crippen molar-refractivity contribution in [1.29, 1.82) is 0 Å². The predicted molar refractivity (Wildman–Crippen MR) is 138 cm³/mol. The Morgan fingerprint density at radius 3 is 2.66 bits per heavy atom. The number of hydrogen-bond donors (Lipinski definition) is 2. The van der Waals surface area contributed by atoms with Crippen LogP contribution in [-0.4, -0.2) is 56.2 Å². The zero-order valence-electron chi connectivity index (χ0n) is 20.3. The maximum atomic E-state index is 13.4. The minimum atomic E-state index is -0.0297. The van der Waals surface area contributed by atoms with Crippen molar-refractivity contribution in [3.8, 4) is 11.3 Å². The van der Waals surface area contributed by atoms with E-state index in [1.165, 1.54) is 5.56 Å². The molecule has 2 atom stereocenters. The number of hydrogen-bond acceptors (Lipinski definition) is 4. The Morgan fingerprint density at radius 1 is 1.06 bits per heavy atom. The van der Waals surface area contributed by atoms with Gasteiger partial charge in [0.25, 0.3) is 0 Å². The van der Waals surface area contributed by atoms with Crippen LogP contribution in [0.2, 0.25) is 0 Å². The lowest BCUT2D eigenvalue weighted by atomic mass is 9.92. The molecule has 178 valence electrons. The Hall–Kier alpha value is -3.71. The number of aryl methyl sites for hydroxylation is 1. The van der Waals surface area contributed by atoms with E-state index in [4.69, 9.17) is 0 Å². The van der Waals surface area contributed by atoms with Crippen molar-refractivity contribution in [2.24, 2.45) is 0 Å². The summed E-state index contributed by atoms with van der Waals surface area (Å²) in [6.45, 7) is 8.85. The first kappa shape index (κ1) is 21.8. The summed E-state index contributed by atoms with van der Waals surface area (Å²) in [7, 11) is 0. The van der Waals surface area contributed by atoms with Crippen molar-refractivity contribution in [2.75, 3.05) is 18.4 Å². The molecule has 0 spiro atoms. The first-order valence-electron chi connectivity index (χ1n) is 12.3. The number of aromatic nitrogens is 3. The molecule has 2 aromatic carbocycles. The quantitative estimate of drug-likeness (QED) is 0.436. The molecular weight excluding hydrogens is 436 g/mol. The van der Waals surface area contributed by atoms with Crippen LogP contribution in [0.25, 0.3) is 22.2 Å². The van der Waals surface area contributed by atoms with Gasteiger partial charge in [-0.25, -0.2) is 4.79 Å². The molecule has 2 unspecified atom stereocenters. The van der Waals surface area contributed by atoms with Gasteiger partial charge < -0.3 is 10.2 Å². The topological polar surface area (TPSA) is 77.2 Å². The van der Waals surface area contributed by atoms with Crippen molar-refractivity contribution >= 4 is 22.6 Å². The monoisotopic (exact) mass is 466 g/mol. The van der Waals surface area contributed by atoms with Gasteiger partial charge in [-0.3, -0.25) is 15.0 Å².